The molecule has 0 spiro atoms. The van der Waals surface area contributed by atoms with Gasteiger partial charge in [-0.05, 0) is 60.0 Å². The van der Waals surface area contributed by atoms with Crippen LogP contribution in [-0.2, 0) is 25.7 Å². The van der Waals surface area contributed by atoms with E-state index in [4.69, 9.17) is 9.47 Å². The first-order chi connectivity index (χ1) is 17.2. The van der Waals surface area contributed by atoms with E-state index in [1.54, 1.807) is 12.1 Å². The van der Waals surface area contributed by atoms with Crippen LogP contribution in [0.5, 0.6) is 17.4 Å². The fourth-order valence-corrected chi connectivity index (χ4v) is 3.86. The van der Waals surface area contributed by atoms with E-state index >= 15 is 0 Å². The first-order valence-electron chi connectivity index (χ1n) is 10.7. The van der Waals surface area contributed by atoms with Crippen LogP contribution in [0.3, 0.4) is 0 Å². The normalized spacial score (nSPS) is 12.6. The van der Waals surface area contributed by atoms with Gasteiger partial charge in [-0.2, -0.15) is 18.2 Å². The summed E-state index contributed by atoms with van der Waals surface area (Å²) < 4.78 is 78.4. The van der Waals surface area contributed by atoms with Crippen LogP contribution in [0.2, 0.25) is 0 Å². The summed E-state index contributed by atoms with van der Waals surface area (Å²) in [6.45, 7) is 0.240. The van der Waals surface area contributed by atoms with Crippen molar-refractivity contribution in [1.29, 1.82) is 0 Å². The molecule has 0 aliphatic carbocycles. The van der Waals surface area contributed by atoms with Crippen molar-refractivity contribution < 1.29 is 31.4 Å². The van der Waals surface area contributed by atoms with E-state index in [0.29, 0.717) is 29.8 Å². The first-order valence-corrected chi connectivity index (χ1v) is 10.7. The van der Waals surface area contributed by atoms with Crippen molar-refractivity contribution >= 4 is 0 Å². The third-order valence-electron chi connectivity index (χ3n) is 5.57. The first kappa shape index (κ1) is 23.5. The molecule has 1 aliphatic rings. The van der Waals surface area contributed by atoms with Crippen molar-refractivity contribution in [2.45, 2.75) is 25.7 Å². The number of ether oxygens (including phenoxy) is 2. The molecule has 5 rings (SSSR count). The van der Waals surface area contributed by atoms with Crippen LogP contribution in [0.1, 0.15) is 16.8 Å². The topological polar surface area (TPSA) is 66.2 Å². The molecule has 36 heavy (non-hydrogen) atoms. The van der Waals surface area contributed by atoms with Crippen molar-refractivity contribution in [2.24, 2.45) is 0 Å². The van der Waals surface area contributed by atoms with E-state index in [0.717, 1.165) is 30.0 Å². The highest BCUT2D eigenvalue weighted by atomic mass is 19.4. The monoisotopic (exact) mass is 501 g/mol. The largest absolute Gasteiger partial charge is 0.473 e. The van der Waals surface area contributed by atoms with Gasteiger partial charge in [-0.15, -0.1) is 0 Å². The molecular weight excluding hydrogens is 485 g/mol. The zero-order chi connectivity index (χ0) is 25.4. The molecular formula is C25H16F5N3O3. The molecule has 2 aromatic carbocycles. The fraction of sp³-hybridized carbons (Fsp3) is 0.160. The van der Waals surface area contributed by atoms with Crippen LogP contribution in [0.15, 0.2) is 65.6 Å². The lowest BCUT2D eigenvalue weighted by molar-refractivity contribution is -0.141. The minimum atomic E-state index is -4.59. The standard InChI is InChI=1S/C25H16F5N3O3/c26-16-2-4-18-15(10-16)7-8-33-20(18)11-23(32-24(33)34)35-13-14-1-5-21(19(27)9-14)36-17-3-6-22(31-12-17)25(28,29)30/h1-6,9-12H,7-8,13H2. The molecule has 6 nitrogen and oxygen atoms in total. The predicted octanol–water partition coefficient (Wildman–Crippen LogP) is 5.53. The third kappa shape index (κ3) is 4.77. The zero-order valence-corrected chi connectivity index (χ0v) is 18.4. The van der Waals surface area contributed by atoms with Gasteiger partial charge in [0.25, 0.3) is 0 Å². The van der Waals surface area contributed by atoms with E-state index in [9.17, 15) is 26.7 Å². The van der Waals surface area contributed by atoms with Crippen LogP contribution >= 0.6 is 0 Å². The van der Waals surface area contributed by atoms with Crippen LogP contribution in [0.25, 0.3) is 11.3 Å². The van der Waals surface area contributed by atoms with Crippen molar-refractivity contribution in [2.75, 3.05) is 0 Å². The fourth-order valence-electron chi connectivity index (χ4n) is 3.86. The van der Waals surface area contributed by atoms with E-state index in [1.165, 1.54) is 28.8 Å². The minimum absolute atomic E-state index is 0.0278. The SMILES string of the molecule is O=c1nc(OCc2ccc(Oc3ccc(C(F)(F)F)nc3)c(F)c2)cc2n1CCc1cc(F)ccc1-2. The second-order valence-electron chi connectivity index (χ2n) is 8.00. The Morgan fingerprint density at radius 1 is 1.00 bits per heavy atom. The number of nitrogens with zero attached hydrogens (tertiary/aromatic N) is 3. The molecule has 0 saturated carbocycles. The molecule has 0 atom stereocenters. The Morgan fingerprint density at radius 3 is 2.56 bits per heavy atom. The van der Waals surface area contributed by atoms with Crippen LogP contribution < -0.4 is 15.2 Å². The lowest BCUT2D eigenvalue weighted by Gasteiger charge is -2.21. The molecule has 11 heteroatoms. The Kier molecular flexibility index (Phi) is 5.91. The van der Waals surface area contributed by atoms with Crippen molar-refractivity contribution in [3.8, 4) is 28.6 Å². The number of alkyl halides is 3. The molecule has 0 bridgehead atoms. The average molecular weight is 501 g/mol. The highest BCUT2D eigenvalue weighted by Gasteiger charge is 2.32. The smallest absolute Gasteiger partial charge is 0.433 e. The molecule has 2 aromatic heterocycles. The summed E-state index contributed by atoms with van der Waals surface area (Å²) in [7, 11) is 0. The summed E-state index contributed by atoms with van der Waals surface area (Å²) in [5, 5.41) is 0. The van der Waals surface area contributed by atoms with Gasteiger partial charge in [0.2, 0.25) is 5.88 Å². The van der Waals surface area contributed by atoms with Gasteiger partial charge in [0.05, 0.1) is 11.9 Å². The van der Waals surface area contributed by atoms with Gasteiger partial charge in [-0.25, -0.2) is 18.6 Å². The average Bonchev–Trinajstić information content (AvgIpc) is 2.83. The molecule has 0 unspecified atom stereocenters. The number of fused-ring (bicyclic) bond motifs is 3. The molecule has 1 aliphatic heterocycles. The Balaban J connectivity index is 1.30. The van der Waals surface area contributed by atoms with Crippen molar-refractivity contribution in [3.05, 3.63) is 99.7 Å². The molecule has 3 heterocycles. The lowest BCUT2D eigenvalue weighted by atomic mass is 9.98. The summed E-state index contributed by atoms with van der Waals surface area (Å²) in [4.78, 5) is 19.7. The predicted molar refractivity (Wildman–Crippen MR) is 118 cm³/mol. The molecule has 0 fully saturated rings. The molecule has 0 radical (unpaired) electrons. The lowest BCUT2D eigenvalue weighted by Crippen LogP contribution is -2.28. The number of rotatable bonds is 5. The second-order valence-corrected chi connectivity index (χ2v) is 8.00. The number of aryl methyl sites for hydroxylation is 1. The van der Waals surface area contributed by atoms with Gasteiger partial charge in [0, 0.05) is 18.2 Å². The maximum Gasteiger partial charge on any atom is 0.433 e. The summed E-state index contributed by atoms with van der Waals surface area (Å²) in [5.41, 5.74) is 0.815. The van der Waals surface area contributed by atoms with Crippen LogP contribution in [-0.4, -0.2) is 14.5 Å². The number of halogens is 5. The molecule has 4 aromatic rings. The number of pyridine rings is 1. The van der Waals surface area contributed by atoms with Crippen LogP contribution in [0.4, 0.5) is 22.0 Å². The molecule has 0 N–H and O–H groups in total. The number of aromatic nitrogens is 3. The summed E-state index contributed by atoms with van der Waals surface area (Å²) in [6, 6.07) is 11.6. The summed E-state index contributed by atoms with van der Waals surface area (Å²) in [5.74, 6) is -1.39. The third-order valence-corrected chi connectivity index (χ3v) is 5.57. The highest BCUT2D eigenvalue weighted by molar-refractivity contribution is 5.66. The number of benzene rings is 2. The summed E-state index contributed by atoms with van der Waals surface area (Å²) in [6.07, 6.45) is -3.24. The van der Waals surface area contributed by atoms with E-state index in [1.807, 2.05) is 0 Å². The maximum atomic E-state index is 14.5. The van der Waals surface area contributed by atoms with Gasteiger partial charge in [0.15, 0.2) is 11.6 Å². The minimum Gasteiger partial charge on any atom is -0.473 e. The molecule has 0 saturated heterocycles. The van der Waals surface area contributed by atoms with Crippen LogP contribution in [0, 0.1) is 11.6 Å². The Labute approximate surface area is 200 Å². The van der Waals surface area contributed by atoms with E-state index in [2.05, 4.69) is 9.97 Å². The van der Waals surface area contributed by atoms with E-state index < -0.39 is 23.4 Å². The Bertz CT molecular complexity index is 1500. The Hall–Kier alpha value is -4.28. The van der Waals surface area contributed by atoms with Crippen molar-refractivity contribution in [3.63, 3.8) is 0 Å². The van der Waals surface area contributed by atoms with Gasteiger partial charge < -0.3 is 9.47 Å². The van der Waals surface area contributed by atoms with Gasteiger partial charge in [-0.1, -0.05) is 6.07 Å². The van der Waals surface area contributed by atoms with E-state index in [-0.39, 0.29) is 29.8 Å². The van der Waals surface area contributed by atoms with Gasteiger partial charge in [-0.3, -0.25) is 4.57 Å². The number of hydrogen-bond acceptors (Lipinski definition) is 5. The Morgan fingerprint density at radius 2 is 1.83 bits per heavy atom. The van der Waals surface area contributed by atoms with Gasteiger partial charge >= 0.3 is 11.9 Å². The maximum absolute atomic E-state index is 14.5. The molecule has 0 amide bonds. The quantitative estimate of drug-likeness (QED) is 0.337. The summed E-state index contributed by atoms with van der Waals surface area (Å²) >= 11 is 0. The van der Waals surface area contributed by atoms with Gasteiger partial charge in [0.1, 0.15) is 23.9 Å². The zero-order valence-electron chi connectivity index (χ0n) is 18.4. The molecule has 184 valence electrons. The second kappa shape index (κ2) is 9.06. The number of hydrogen-bond donors (Lipinski definition) is 0. The highest BCUT2D eigenvalue weighted by Crippen LogP contribution is 2.32. The van der Waals surface area contributed by atoms with Crippen molar-refractivity contribution in [1.82, 2.24) is 14.5 Å².